The summed E-state index contributed by atoms with van der Waals surface area (Å²) in [6.07, 6.45) is 0. The fourth-order valence-electron chi connectivity index (χ4n) is 6.33. The van der Waals surface area contributed by atoms with Crippen molar-refractivity contribution in [1.29, 1.82) is 0 Å². The molecule has 0 aliphatic carbocycles. The van der Waals surface area contributed by atoms with E-state index in [4.69, 9.17) is 4.74 Å². The van der Waals surface area contributed by atoms with E-state index in [0.29, 0.717) is 0 Å². The van der Waals surface area contributed by atoms with Crippen LogP contribution in [0.25, 0.3) is 38.6 Å². The zero-order valence-corrected chi connectivity index (χ0v) is 25.0. The van der Waals surface area contributed by atoms with E-state index in [9.17, 15) is 0 Å². The van der Waals surface area contributed by atoms with Crippen LogP contribution in [-0.4, -0.2) is 11.7 Å². The van der Waals surface area contributed by atoms with Gasteiger partial charge in [-0.1, -0.05) is 60.7 Å². The molecule has 0 atom stereocenters. The van der Waals surface area contributed by atoms with Crippen LogP contribution >= 0.6 is 0 Å². The first-order valence-electron chi connectivity index (χ1n) is 14.7. The lowest BCUT2D eigenvalue weighted by atomic mass is 9.95. The molecule has 6 aromatic carbocycles. The minimum atomic E-state index is 0.857. The summed E-state index contributed by atoms with van der Waals surface area (Å²) in [6, 6.07) is 47.8. The molecule has 0 saturated heterocycles. The lowest BCUT2D eigenvalue weighted by Crippen LogP contribution is -2.10. The third-order valence-corrected chi connectivity index (χ3v) is 8.38. The predicted octanol–water partition coefficient (Wildman–Crippen LogP) is 10.9. The van der Waals surface area contributed by atoms with Crippen molar-refractivity contribution >= 4 is 38.9 Å². The van der Waals surface area contributed by atoms with E-state index < -0.39 is 0 Å². The highest BCUT2D eigenvalue weighted by atomic mass is 16.5. The van der Waals surface area contributed by atoms with Crippen LogP contribution in [0, 0.1) is 20.8 Å². The van der Waals surface area contributed by atoms with E-state index in [2.05, 4.69) is 158 Å². The maximum Gasteiger partial charge on any atom is 0.120 e. The van der Waals surface area contributed by atoms with Gasteiger partial charge in [0.05, 0.1) is 18.1 Å². The summed E-state index contributed by atoms with van der Waals surface area (Å²) in [7, 11) is 1.72. The quantitative estimate of drug-likeness (QED) is 0.202. The molecule has 7 rings (SSSR count). The van der Waals surface area contributed by atoms with E-state index in [0.717, 1.165) is 34.0 Å². The number of hydrogen-bond donors (Lipinski definition) is 0. The normalized spacial score (nSPS) is 11.3. The second-order valence-electron chi connectivity index (χ2n) is 11.2. The van der Waals surface area contributed by atoms with Gasteiger partial charge in [0.25, 0.3) is 0 Å². The molecule has 0 amide bonds. The molecule has 0 N–H and O–H groups in total. The van der Waals surface area contributed by atoms with Gasteiger partial charge in [-0.2, -0.15) is 0 Å². The van der Waals surface area contributed by atoms with Crippen LogP contribution in [0.4, 0.5) is 17.1 Å². The number of nitrogens with zero attached hydrogens (tertiary/aromatic N) is 2. The first-order valence-corrected chi connectivity index (χ1v) is 14.7. The van der Waals surface area contributed by atoms with Gasteiger partial charge >= 0.3 is 0 Å². The molecule has 1 aromatic heterocycles. The number of aromatic nitrogens is 1. The highest BCUT2D eigenvalue weighted by molar-refractivity contribution is 6.09. The Kier molecular flexibility index (Phi) is 6.71. The Bertz CT molecular complexity index is 2110. The van der Waals surface area contributed by atoms with Gasteiger partial charge in [0, 0.05) is 39.6 Å². The van der Waals surface area contributed by atoms with Crippen molar-refractivity contribution in [3.05, 3.63) is 150 Å². The lowest BCUT2D eigenvalue weighted by Gasteiger charge is -2.26. The number of fused-ring (bicyclic) bond motifs is 3. The fraction of sp³-hybridized carbons (Fsp3) is 0.100. The van der Waals surface area contributed by atoms with Crippen molar-refractivity contribution in [2.75, 3.05) is 12.0 Å². The smallest absolute Gasteiger partial charge is 0.120 e. The number of methoxy groups -OCH3 is 1. The van der Waals surface area contributed by atoms with Crippen LogP contribution in [0.3, 0.4) is 0 Å². The number of rotatable bonds is 6. The molecule has 0 spiro atoms. The summed E-state index contributed by atoms with van der Waals surface area (Å²) < 4.78 is 7.94. The van der Waals surface area contributed by atoms with E-state index in [1.165, 1.54) is 44.1 Å². The van der Waals surface area contributed by atoms with Gasteiger partial charge in [0.2, 0.25) is 0 Å². The molecular weight excluding hydrogens is 524 g/mol. The maximum absolute atomic E-state index is 5.59. The molecule has 0 fully saturated rings. The summed E-state index contributed by atoms with van der Waals surface area (Å²) in [5.41, 5.74) is 13.1. The van der Waals surface area contributed by atoms with Crippen molar-refractivity contribution in [2.45, 2.75) is 20.8 Å². The summed E-state index contributed by atoms with van der Waals surface area (Å²) in [5, 5.41) is 2.46. The highest BCUT2D eigenvalue weighted by Gasteiger charge is 2.17. The summed E-state index contributed by atoms with van der Waals surface area (Å²) >= 11 is 0. The van der Waals surface area contributed by atoms with Crippen LogP contribution in [-0.2, 0) is 0 Å². The molecule has 7 aromatic rings. The van der Waals surface area contributed by atoms with Crippen LogP contribution in [0.15, 0.2) is 133 Å². The van der Waals surface area contributed by atoms with Gasteiger partial charge in [-0.25, -0.2) is 0 Å². The molecule has 3 nitrogen and oxygen atoms in total. The zero-order chi connectivity index (χ0) is 29.5. The van der Waals surface area contributed by atoms with Crippen molar-refractivity contribution < 1.29 is 4.74 Å². The second kappa shape index (κ2) is 10.8. The molecule has 0 bridgehead atoms. The van der Waals surface area contributed by atoms with Gasteiger partial charge in [-0.15, -0.1) is 0 Å². The van der Waals surface area contributed by atoms with Crippen LogP contribution in [0.1, 0.15) is 16.7 Å². The molecule has 0 saturated carbocycles. The Hall–Kier alpha value is -5.28. The summed E-state index contributed by atoms with van der Waals surface area (Å²) in [5.74, 6) is 0.857. The average molecular weight is 559 g/mol. The molecule has 0 radical (unpaired) electrons. The number of hydrogen-bond acceptors (Lipinski definition) is 2. The molecule has 1 heterocycles. The van der Waals surface area contributed by atoms with Gasteiger partial charge in [0.15, 0.2) is 0 Å². The molecular formula is C40H34N2O. The number of ether oxygens (including phenoxy) is 1. The Morgan fingerprint density at radius 2 is 1.19 bits per heavy atom. The standard InChI is InChI=1S/C40H34N2O/c1-27-11-10-14-31(23-27)41(30-12-6-5-7-13-30)32-17-20-35(28(2)24-32)36-21-18-33(25-29(36)3)42-39-16-9-8-15-37(39)38-22-19-34(43-4)26-40(38)42/h5-26H,1-4H3. The Balaban J connectivity index is 1.31. The highest BCUT2D eigenvalue weighted by Crippen LogP contribution is 2.39. The van der Waals surface area contributed by atoms with Crippen LogP contribution in [0.5, 0.6) is 5.75 Å². The molecule has 0 unspecified atom stereocenters. The van der Waals surface area contributed by atoms with Gasteiger partial charge in [-0.3, -0.25) is 0 Å². The van der Waals surface area contributed by atoms with Crippen LogP contribution < -0.4 is 9.64 Å². The first-order chi connectivity index (χ1) is 21.0. The predicted molar refractivity (Wildman–Crippen MR) is 182 cm³/mol. The number of para-hydroxylation sites is 2. The summed E-state index contributed by atoms with van der Waals surface area (Å²) in [4.78, 5) is 2.33. The van der Waals surface area contributed by atoms with Gasteiger partial charge in [-0.05, 0) is 115 Å². The molecule has 210 valence electrons. The Labute approximate surface area is 253 Å². The zero-order valence-electron chi connectivity index (χ0n) is 25.0. The number of benzene rings is 6. The minimum Gasteiger partial charge on any atom is -0.497 e. The largest absolute Gasteiger partial charge is 0.497 e. The third kappa shape index (κ3) is 4.73. The van der Waals surface area contributed by atoms with E-state index in [-0.39, 0.29) is 0 Å². The minimum absolute atomic E-state index is 0.857. The van der Waals surface area contributed by atoms with Crippen molar-refractivity contribution in [1.82, 2.24) is 4.57 Å². The van der Waals surface area contributed by atoms with E-state index in [1.54, 1.807) is 7.11 Å². The van der Waals surface area contributed by atoms with Gasteiger partial charge in [0.1, 0.15) is 5.75 Å². The van der Waals surface area contributed by atoms with Crippen molar-refractivity contribution in [3.63, 3.8) is 0 Å². The third-order valence-electron chi connectivity index (χ3n) is 8.38. The fourth-order valence-corrected chi connectivity index (χ4v) is 6.33. The number of anilines is 3. The van der Waals surface area contributed by atoms with Gasteiger partial charge < -0.3 is 14.2 Å². The molecule has 3 heteroatoms. The van der Waals surface area contributed by atoms with E-state index >= 15 is 0 Å². The summed E-state index contributed by atoms with van der Waals surface area (Å²) in [6.45, 7) is 6.57. The topological polar surface area (TPSA) is 17.4 Å². The first kappa shape index (κ1) is 26.6. The monoisotopic (exact) mass is 558 g/mol. The Morgan fingerprint density at radius 1 is 0.512 bits per heavy atom. The Morgan fingerprint density at radius 3 is 1.93 bits per heavy atom. The SMILES string of the molecule is COc1ccc2c3ccccc3n(-c3ccc(-c4ccc(N(c5ccccc5)c5cccc(C)c5)cc4C)c(C)c3)c2c1. The molecule has 0 aliphatic rings. The van der Waals surface area contributed by atoms with Crippen LogP contribution in [0.2, 0.25) is 0 Å². The average Bonchev–Trinajstić information content (AvgIpc) is 3.36. The van der Waals surface area contributed by atoms with Crippen molar-refractivity contribution in [2.24, 2.45) is 0 Å². The number of aryl methyl sites for hydroxylation is 3. The van der Waals surface area contributed by atoms with Crippen molar-refractivity contribution in [3.8, 4) is 22.6 Å². The lowest BCUT2D eigenvalue weighted by molar-refractivity contribution is 0.415. The molecule has 0 aliphatic heterocycles. The van der Waals surface area contributed by atoms with E-state index in [1.807, 2.05) is 6.07 Å². The molecule has 43 heavy (non-hydrogen) atoms. The second-order valence-corrected chi connectivity index (χ2v) is 11.2. The maximum atomic E-state index is 5.59.